The van der Waals surface area contributed by atoms with E-state index in [1.54, 1.807) is 25.3 Å². The molecule has 0 unspecified atom stereocenters. The van der Waals surface area contributed by atoms with E-state index in [0.29, 0.717) is 30.4 Å². The van der Waals surface area contributed by atoms with Crippen molar-refractivity contribution in [1.29, 1.82) is 0 Å². The van der Waals surface area contributed by atoms with Crippen LogP contribution in [-0.2, 0) is 7.05 Å². The van der Waals surface area contributed by atoms with Crippen molar-refractivity contribution in [2.75, 3.05) is 27.3 Å². The van der Waals surface area contributed by atoms with E-state index in [9.17, 15) is 4.79 Å². The average Bonchev–Trinajstić information content (AvgIpc) is 3.05. The first-order valence-electron chi connectivity index (χ1n) is 8.30. The Morgan fingerprint density at radius 1 is 1.28 bits per heavy atom. The molecule has 2 rings (SSSR count). The highest BCUT2D eigenvalue weighted by Gasteiger charge is 2.27. The van der Waals surface area contributed by atoms with Gasteiger partial charge in [0.05, 0.1) is 14.2 Å². The van der Waals surface area contributed by atoms with Crippen molar-refractivity contribution in [2.45, 2.75) is 19.9 Å². The van der Waals surface area contributed by atoms with Crippen LogP contribution in [0, 0.1) is 0 Å². The topological polar surface area (TPSA) is 68.6 Å². The number of aryl methyl sites for hydroxylation is 1. The summed E-state index contributed by atoms with van der Waals surface area (Å²) in [4.78, 5) is 18.8. The fourth-order valence-electron chi connectivity index (χ4n) is 2.80. The number of methoxy groups -OCH3 is 2. The highest BCUT2D eigenvalue weighted by Crippen LogP contribution is 2.36. The van der Waals surface area contributed by atoms with Gasteiger partial charge in [-0.05, 0) is 19.9 Å². The second-order valence-corrected chi connectivity index (χ2v) is 5.53. The van der Waals surface area contributed by atoms with Gasteiger partial charge in [0.2, 0.25) is 0 Å². The van der Waals surface area contributed by atoms with Crippen LogP contribution in [0.25, 0.3) is 0 Å². The molecular weight excluding hydrogens is 320 g/mol. The minimum absolute atomic E-state index is 0.150. The van der Waals surface area contributed by atoms with E-state index in [1.165, 1.54) is 0 Å². The number of benzene rings is 1. The number of hydrogen-bond acceptors (Lipinski definition) is 4. The summed E-state index contributed by atoms with van der Waals surface area (Å²) in [5.41, 5.74) is 0.789. The molecule has 0 spiro atoms. The molecule has 0 radical (unpaired) electrons. The van der Waals surface area contributed by atoms with E-state index in [2.05, 4.69) is 10.3 Å². The van der Waals surface area contributed by atoms with E-state index in [0.717, 1.165) is 5.56 Å². The molecule has 2 amide bonds. The van der Waals surface area contributed by atoms with Gasteiger partial charge in [-0.15, -0.1) is 0 Å². The Hall–Kier alpha value is -2.70. The molecule has 2 aromatic rings. The zero-order valence-electron chi connectivity index (χ0n) is 15.4. The van der Waals surface area contributed by atoms with Crippen LogP contribution in [0.3, 0.4) is 0 Å². The van der Waals surface area contributed by atoms with Crippen LogP contribution in [0.15, 0.2) is 30.6 Å². The summed E-state index contributed by atoms with van der Waals surface area (Å²) in [6.45, 7) is 5.16. The lowest BCUT2D eigenvalue weighted by Gasteiger charge is -2.26. The molecule has 0 saturated carbocycles. The Morgan fingerprint density at radius 3 is 2.52 bits per heavy atom. The molecule has 0 aliphatic rings. The van der Waals surface area contributed by atoms with E-state index in [1.807, 2.05) is 49.9 Å². The highest BCUT2D eigenvalue weighted by molar-refractivity contribution is 5.75. The van der Waals surface area contributed by atoms with Gasteiger partial charge in [0, 0.05) is 38.1 Å². The van der Waals surface area contributed by atoms with Gasteiger partial charge in [0.1, 0.15) is 11.9 Å². The molecule has 0 fully saturated rings. The van der Waals surface area contributed by atoms with Gasteiger partial charge in [0.15, 0.2) is 11.5 Å². The summed E-state index contributed by atoms with van der Waals surface area (Å²) >= 11 is 0. The van der Waals surface area contributed by atoms with Crippen molar-refractivity contribution in [3.05, 3.63) is 42.0 Å². The number of imidazole rings is 1. The maximum atomic E-state index is 12.7. The van der Waals surface area contributed by atoms with Gasteiger partial charge in [-0.2, -0.15) is 0 Å². The van der Waals surface area contributed by atoms with Gasteiger partial charge in [-0.1, -0.05) is 12.1 Å². The SMILES string of the molecule is CCN(CC)C(=O)N[C@H](c1cccc(OC)c1OC)c1nccn1C. The van der Waals surface area contributed by atoms with Crippen molar-refractivity contribution in [2.24, 2.45) is 7.05 Å². The van der Waals surface area contributed by atoms with Crippen LogP contribution in [-0.4, -0.2) is 47.8 Å². The fourth-order valence-corrected chi connectivity index (χ4v) is 2.80. The number of ether oxygens (including phenoxy) is 2. The van der Waals surface area contributed by atoms with Crippen LogP contribution in [0.5, 0.6) is 11.5 Å². The quantitative estimate of drug-likeness (QED) is 0.837. The number of rotatable bonds is 7. The number of para-hydroxylation sites is 1. The summed E-state index contributed by atoms with van der Waals surface area (Å²) in [7, 11) is 5.07. The lowest BCUT2D eigenvalue weighted by molar-refractivity contribution is 0.200. The third-order valence-corrected chi connectivity index (χ3v) is 4.18. The Bertz CT molecular complexity index is 710. The van der Waals surface area contributed by atoms with Gasteiger partial charge in [-0.25, -0.2) is 9.78 Å². The van der Waals surface area contributed by atoms with Crippen LogP contribution < -0.4 is 14.8 Å². The lowest BCUT2D eigenvalue weighted by Crippen LogP contribution is -2.42. The van der Waals surface area contributed by atoms with Crippen LogP contribution in [0.2, 0.25) is 0 Å². The molecule has 0 aliphatic heterocycles. The van der Waals surface area contributed by atoms with Crippen molar-refractivity contribution >= 4 is 6.03 Å². The van der Waals surface area contributed by atoms with Crippen molar-refractivity contribution in [3.8, 4) is 11.5 Å². The van der Waals surface area contributed by atoms with Crippen LogP contribution in [0.4, 0.5) is 4.79 Å². The first-order valence-corrected chi connectivity index (χ1v) is 8.30. The highest BCUT2D eigenvalue weighted by atomic mass is 16.5. The maximum absolute atomic E-state index is 12.7. The first-order chi connectivity index (χ1) is 12.1. The summed E-state index contributed by atoms with van der Waals surface area (Å²) < 4.78 is 12.8. The van der Waals surface area contributed by atoms with Crippen molar-refractivity contribution in [3.63, 3.8) is 0 Å². The number of amides is 2. The summed E-state index contributed by atoms with van der Waals surface area (Å²) in [5, 5.41) is 3.07. The molecule has 1 heterocycles. The summed E-state index contributed by atoms with van der Waals surface area (Å²) in [5.74, 6) is 1.90. The van der Waals surface area contributed by atoms with Gasteiger partial charge in [0.25, 0.3) is 0 Å². The van der Waals surface area contributed by atoms with E-state index in [4.69, 9.17) is 9.47 Å². The predicted octanol–water partition coefficient (Wildman–Crippen LogP) is 2.58. The Kier molecular flexibility index (Phi) is 6.27. The molecule has 0 saturated heterocycles. The monoisotopic (exact) mass is 346 g/mol. The maximum Gasteiger partial charge on any atom is 0.318 e. The van der Waals surface area contributed by atoms with E-state index >= 15 is 0 Å². The molecule has 1 N–H and O–H groups in total. The number of hydrogen-bond donors (Lipinski definition) is 1. The molecule has 0 aliphatic carbocycles. The van der Waals surface area contributed by atoms with Crippen LogP contribution >= 0.6 is 0 Å². The molecular formula is C18H26N4O3. The van der Waals surface area contributed by atoms with Gasteiger partial charge in [-0.3, -0.25) is 0 Å². The minimum Gasteiger partial charge on any atom is -0.493 e. The van der Waals surface area contributed by atoms with Gasteiger partial charge < -0.3 is 24.3 Å². The van der Waals surface area contributed by atoms with Gasteiger partial charge >= 0.3 is 6.03 Å². The number of carbonyl (C=O) groups excluding carboxylic acids is 1. The Labute approximate surface area is 148 Å². The zero-order valence-corrected chi connectivity index (χ0v) is 15.4. The molecule has 7 nitrogen and oxygen atoms in total. The molecule has 0 bridgehead atoms. The molecule has 25 heavy (non-hydrogen) atoms. The number of nitrogens with one attached hydrogen (secondary N) is 1. The normalized spacial score (nSPS) is 11.7. The molecule has 136 valence electrons. The molecule has 7 heteroatoms. The average molecular weight is 346 g/mol. The number of nitrogens with zero attached hydrogens (tertiary/aromatic N) is 3. The van der Waals surface area contributed by atoms with Crippen molar-refractivity contribution < 1.29 is 14.3 Å². The minimum atomic E-state index is -0.460. The first kappa shape index (κ1) is 18.6. The zero-order chi connectivity index (χ0) is 18.4. The summed E-state index contributed by atoms with van der Waals surface area (Å²) in [6, 6.07) is 4.99. The Morgan fingerprint density at radius 2 is 2.00 bits per heavy atom. The fraction of sp³-hybridized carbons (Fsp3) is 0.444. The van der Waals surface area contributed by atoms with Crippen LogP contribution in [0.1, 0.15) is 31.3 Å². The second kappa shape index (κ2) is 8.41. The molecule has 1 atom stereocenters. The second-order valence-electron chi connectivity index (χ2n) is 5.53. The number of carbonyl (C=O) groups is 1. The third kappa shape index (κ3) is 3.87. The third-order valence-electron chi connectivity index (χ3n) is 4.18. The Balaban J connectivity index is 2.50. The lowest BCUT2D eigenvalue weighted by atomic mass is 10.0. The molecule has 1 aromatic heterocycles. The van der Waals surface area contributed by atoms with Crippen molar-refractivity contribution in [1.82, 2.24) is 19.8 Å². The number of aromatic nitrogens is 2. The van der Waals surface area contributed by atoms with E-state index < -0.39 is 6.04 Å². The predicted molar refractivity (Wildman–Crippen MR) is 96.0 cm³/mol. The molecule has 1 aromatic carbocycles. The largest absolute Gasteiger partial charge is 0.493 e. The summed E-state index contributed by atoms with van der Waals surface area (Å²) in [6.07, 6.45) is 3.55. The smallest absolute Gasteiger partial charge is 0.318 e. The number of urea groups is 1. The standard InChI is InChI=1S/C18H26N4O3/c1-6-22(7-2)18(23)20-15(17-19-11-12-21(17)3)13-9-8-10-14(24-4)16(13)25-5/h8-12,15H,6-7H2,1-5H3,(H,20,23)/t15-/m1/s1. The van der Waals surface area contributed by atoms with E-state index in [-0.39, 0.29) is 6.03 Å².